The normalized spacial score (nSPS) is 10.6. The van der Waals surface area contributed by atoms with Gasteiger partial charge in [0.1, 0.15) is 0 Å². The second-order valence-electron chi connectivity index (χ2n) is 4.24. The van der Waals surface area contributed by atoms with Crippen molar-refractivity contribution in [1.29, 1.82) is 0 Å². The zero-order chi connectivity index (χ0) is 13.0. The second kappa shape index (κ2) is 5.69. The third-order valence-electron chi connectivity index (χ3n) is 2.92. The minimum atomic E-state index is 0.784. The summed E-state index contributed by atoms with van der Waals surface area (Å²) < 4.78 is 0. The molecule has 4 heteroatoms. The molecule has 4 nitrogen and oxygen atoms in total. The number of hydrogen-bond acceptors (Lipinski definition) is 4. The van der Waals surface area contributed by atoms with Gasteiger partial charge in [-0.1, -0.05) is 6.92 Å². The minimum Gasteiger partial charge on any atom is -0.316 e. The van der Waals surface area contributed by atoms with Crippen LogP contribution < -0.4 is 5.32 Å². The van der Waals surface area contributed by atoms with Gasteiger partial charge in [-0.2, -0.15) is 0 Å². The van der Waals surface area contributed by atoms with Crippen LogP contribution in [0.1, 0.15) is 23.7 Å². The van der Waals surface area contributed by atoms with E-state index in [1.165, 1.54) is 0 Å². The summed E-state index contributed by atoms with van der Waals surface area (Å²) in [6.45, 7) is 4.95. The van der Waals surface area contributed by atoms with Crippen LogP contribution in [0, 0.1) is 6.92 Å². The van der Waals surface area contributed by atoms with Crippen molar-refractivity contribution < 1.29 is 0 Å². The topological polar surface area (TPSA) is 50.7 Å². The Morgan fingerprint density at radius 1 is 1.28 bits per heavy atom. The summed E-state index contributed by atoms with van der Waals surface area (Å²) in [7, 11) is 1.93. The van der Waals surface area contributed by atoms with Gasteiger partial charge in [0.05, 0.1) is 0 Å². The lowest BCUT2D eigenvalue weighted by Crippen LogP contribution is -2.10. The monoisotopic (exact) mass is 242 g/mol. The van der Waals surface area contributed by atoms with E-state index in [9.17, 15) is 0 Å². The number of aromatic nitrogens is 3. The molecule has 0 atom stereocenters. The van der Waals surface area contributed by atoms with Gasteiger partial charge in [0.15, 0.2) is 5.82 Å². The molecule has 0 aliphatic rings. The van der Waals surface area contributed by atoms with E-state index in [0.717, 1.165) is 41.2 Å². The van der Waals surface area contributed by atoms with E-state index >= 15 is 0 Å². The third kappa shape index (κ3) is 2.54. The molecule has 0 saturated carbocycles. The first-order valence-corrected chi connectivity index (χ1v) is 6.16. The van der Waals surface area contributed by atoms with Gasteiger partial charge >= 0.3 is 0 Å². The van der Waals surface area contributed by atoms with Crippen LogP contribution in [0.5, 0.6) is 0 Å². The Hall–Kier alpha value is -1.81. The van der Waals surface area contributed by atoms with Crippen molar-refractivity contribution in [3.05, 3.63) is 41.5 Å². The molecule has 2 rings (SSSR count). The fourth-order valence-electron chi connectivity index (χ4n) is 1.94. The number of pyridine rings is 1. The van der Waals surface area contributed by atoms with Crippen LogP contribution in [0.3, 0.4) is 0 Å². The molecule has 0 aromatic carbocycles. The number of aryl methyl sites for hydroxylation is 2. The van der Waals surface area contributed by atoms with Gasteiger partial charge in [-0.15, -0.1) is 0 Å². The van der Waals surface area contributed by atoms with E-state index in [-0.39, 0.29) is 0 Å². The summed E-state index contributed by atoms with van der Waals surface area (Å²) in [6, 6.07) is 1.96. The van der Waals surface area contributed by atoms with Gasteiger partial charge in [0, 0.05) is 42.0 Å². The number of nitrogens with one attached hydrogen (secondary N) is 1. The molecule has 2 aromatic heterocycles. The largest absolute Gasteiger partial charge is 0.316 e. The van der Waals surface area contributed by atoms with Crippen molar-refractivity contribution in [3.8, 4) is 11.4 Å². The minimum absolute atomic E-state index is 0.784. The smallest absolute Gasteiger partial charge is 0.159 e. The maximum atomic E-state index is 4.66. The van der Waals surface area contributed by atoms with Gasteiger partial charge in [-0.25, -0.2) is 9.97 Å². The predicted octanol–water partition coefficient (Wildman–Crippen LogP) is 2.13. The highest BCUT2D eigenvalue weighted by Crippen LogP contribution is 2.19. The van der Waals surface area contributed by atoms with Gasteiger partial charge in [0.25, 0.3) is 0 Å². The van der Waals surface area contributed by atoms with E-state index in [0.29, 0.717) is 0 Å². The highest BCUT2D eigenvalue weighted by molar-refractivity contribution is 5.58. The molecule has 0 amide bonds. The number of nitrogens with zero attached hydrogens (tertiary/aromatic N) is 3. The molecule has 94 valence electrons. The van der Waals surface area contributed by atoms with E-state index in [2.05, 4.69) is 27.2 Å². The lowest BCUT2D eigenvalue weighted by molar-refractivity contribution is 0.786. The summed E-state index contributed by atoms with van der Waals surface area (Å²) >= 11 is 0. The molecular formula is C14H18N4. The quantitative estimate of drug-likeness (QED) is 0.892. The molecule has 0 unspecified atom stereocenters. The molecule has 0 spiro atoms. The van der Waals surface area contributed by atoms with E-state index < -0.39 is 0 Å². The zero-order valence-electron chi connectivity index (χ0n) is 11.1. The van der Waals surface area contributed by atoms with Crippen molar-refractivity contribution in [2.24, 2.45) is 0 Å². The highest BCUT2D eigenvalue weighted by atomic mass is 14.9. The third-order valence-corrected chi connectivity index (χ3v) is 2.92. The lowest BCUT2D eigenvalue weighted by Gasteiger charge is -2.09. The summed E-state index contributed by atoms with van der Waals surface area (Å²) in [6.07, 6.45) is 6.44. The molecule has 0 saturated heterocycles. The highest BCUT2D eigenvalue weighted by Gasteiger charge is 2.08. The van der Waals surface area contributed by atoms with Crippen LogP contribution in [0.25, 0.3) is 11.4 Å². The number of hydrogen-bond donors (Lipinski definition) is 1. The second-order valence-corrected chi connectivity index (χ2v) is 4.24. The molecule has 18 heavy (non-hydrogen) atoms. The Morgan fingerprint density at radius 2 is 2.11 bits per heavy atom. The fourth-order valence-corrected chi connectivity index (χ4v) is 1.94. The van der Waals surface area contributed by atoms with Crippen molar-refractivity contribution in [2.75, 3.05) is 7.05 Å². The Morgan fingerprint density at radius 3 is 2.78 bits per heavy atom. The standard InChI is InChI=1S/C14H18N4/c1-4-13-11(8-15-3)9-17-14(18-13)12-5-6-16-7-10(12)2/h5-7,9,15H,4,8H2,1-3H3. The van der Waals surface area contributed by atoms with Gasteiger partial charge in [-0.3, -0.25) is 4.98 Å². The van der Waals surface area contributed by atoms with E-state index in [4.69, 9.17) is 0 Å². The van der Waals surface area contributed by atoms with Crippen LogP contribution in [0.2, 0.25) is 0 Å². The van der Waals surface area contributed by atoms with Crippen LogP contribution in [-0.4, -0.2) is 22.0 Å². The zero-order valence-corrected chi connectivity index (χ0v) is 11.1. The van der Waals surface area contributed by atoms with Crippen LogP contribution in [0.15, 0.2) is 24.7 Å². The molecule has 0 bridgehead atoms. The molecule has 2 heterocycles. The van der Waals surface area contributed by atoms with Crippen molar-refractivity contribution >= 4 is 0 Å². The molecule has 0 fully saturated rings. The Balaban J connectivity index is 2.44. The molecule has 0 radical (unpaired) electrons. The van der Waals surface area contributed by atoms with Crippen molar-refractivity contribution in [3.63, 3.8) is 0 Å². The molecule has 0 aliphatic carbocycles. The predicted molar refractivity (Wildman–Crippen MR) is 72.1 cm³/mol. The Bertz CT molecular complexity index is 537. The van der Waals surface area contributed by atoms with E-state index in [1.807, 2.05) is 32.4 Å². The fraction of sp³-hybridized carbons (Fsp3) is 0.357. The van der Waals surface area contributed by atoms with Crippen LogP contribution in [0.4, 0.5) is 0 Å². The van der Waals surface area contributed by atoms with Crippen LogP contribution in [-0.2, 0) is 13.0 Å². The summed E-state index contributed by atoms with van der Waals surface area (Å²) in [5.74, 6) is 0.784. The molecule has 2 aromatic rings. The lowest BCUT2D eigenvalue weighted by atomic mass is 10.1. The average molecular weight is 242 g/mol. The Labute approximate surface area is 108 Å². The number of rotatable bonds is 4. The van der Waals surface area contributed by atoms with Crippen molar-refractivity contribution in [2.45, 2.75) is 26.8 Å². The average Bonchev–Trinajstić information content (AvgIpc) is 2.40. The van der Waals surface area contributed by atoms with Gasteiger partial charge in [0.2, 0.25) is 0 Å². The SMILES string of the molecule is CCc1nc(-c2ccncc2C)ncc1CNC. The van der Waals surface area contributed by atoms with E-state index in [1.54, 1.807) is 6.20 Å². The van der Waals surface area contributed by atoms with Gasteiger partial charge in [-0.05, 0) is 32.0 Å². The molecule has 1 N–H and O–H groups in total. The molecular weight excluding hydrogens is 224 g/mol. The van der Waals surface area contributed by atoms with Crippen molar-refractivity contribution in [1.82, 2.24) is 20.3 Å². The Kier molecular flexibility index (Phi) is 3.99. The first-order valence-electron chi connectivity index (χ1n) is 6.16. The van der Waals surface area contributed by atoms with Gasteiger partial charge < -0.3 is 5.32 Å². The molecule has 0 aliphatic heterocycles. The first-order chi connectivity index (χ1) is 8.76. The maximum absolute atomic E-state index is 4.66. The summed E-state index contributed by atoms with van der Waals surface area (Å²) in [4.78, 5) is 13.2. The maximum Gasteiger partial charge on any atom is 0.159 e. The summed E-state index contributed by atoms with van der Waals surface area (Å²) in [5, 5.41) is 3.14. The summed E-state index contributed by atoms with van der Waals surface area (Å²) in [5.41, 5.74) is 4.41. The van der Waals surface area contributed by atoms with Crippen LogP contribution >= 0.6 is 0 Å². The first kappa shape index (κ1) is 12.6.